The highest BCUT2D eigenvalue weighted by atomic mass is 35.5. The van der Waals surface area contributed by atoms with Crippen LogP contribution in [0.15, 0.2) is 35.5 Å². The number of thioether (sulfide) groups is 1. The third-order valence-electron chi connectivity index (χ3n) is 5.49. The van der Waals surface area contributed by atoms with Crippen LogP contribution in [0.25, 0.3) is 0 Å². The number of hydrogen-bond donors (Lipinski definition) is 1. The molecule has 2 aromatic rings. The van der Waals surface area contributed by atoms with Crippen molar-refractivity contribution >= 4 is 35.1 Å². The monoisotopic (exact) mass is 461 g/mol. The maximum Gasteiger partial charge on any atom is 0.251 e. The highest BCUT2D eigenvalue weighted by Gasteiger charge is 2.15. The van der Waals surface area contributed by atoms with Crippen LogP contribution in [0.2, 0.25) is 5.15 Å². The van der Waals surface area contributed by atoms with E-state index in [1.54, 1.807) is 6.07 Å². The Morgan fingerprint density at radius 2 is 1.84 bits per heavy atom. The molecule has 166 valence electrons. The number of benzene rings is 1. The Bertz CT molecular complexity index is 871. The van der Waals surface area contributed by atoms with Crippen LogP contribution in [-0.4, -0.2) is 73.3 Å². The largest absolute Gasteiger partial charge is 0.378 e. The normalized spacial score (nSPS) is 17.1. The number of anilines is 1. The fraction of sp³-hybridized carbons (Fsp3) is 0.500. The summed E-state index contributed by atoms with van der Waals surface area (Å²) in [5.41, 5.74) is 1.79. The number of hydrogen-bond acceptors (Lipinski definition) is 7. The maximum absolute atomic E-state index is 12.4. The molecule has 1 amide bonds. The minimum Gasteiger partial charge on any atom is -0.378 e. The molecular weight excluding hydrogens is 434 g/mol. The highest BCUT2D eigenvalue weighted by Crippen LogP contribution is 2.25. The van der Waals surface area contributed by atoms with Crippen molar-refractivity contribution in [2.75, 3.05) is 57.4 Å². The van der Waals surface area contributed by atoms with Gasteiger partial charge < -0.3 is 19.9 Å². The van der Waals surface area contributed by atoms with Gasteiger partial charge in [0.2, 0.25) is 0 Å². The molecule has 1 aromatic heterocycles. The Labute approximate surface area is 192 Å². The number of ether oxygens (including phenoxy) is 1. The molecule has 2 saturated heterocycles. The lowest BCUT2D eigenvalue weighted by molar-refractivity contribution is 0.0949. The summed E-state index contributed by atoms with van der Waals surface area (Å²) in [6.45, 7) is 6.90. The molecule has 0 radical (unpaired) electrons. The number of rotatable bonds is 8. The summed E-state index contributed by atoms with van der Waals surface area (Å²) < 4.78 is 5.40. The quantitative estimate of drug-likeness (QED) is 0.368. The molecule has 0 bridgehead atoms. The van der Waals surface area contributed by atoms with Gasteiger partial charge in [-0.1, -0.05) is 35.5 Å². The van der Waals surface area contributed by atoms with Gasteiger partial charge >= 0.3 is 0 Å². The Hall–Kier alpha value is -1.87. The third kappa shape index (κ3) is 6.55. The molecule has 0 spiro atoms. The van der Waals surface area contributed by atoms with E-state index in [1.165, 1.54) is 24.6 Å². The molecule has 0 atom stereocenters. The van der Waals surface area contributed by atoms with Crippen molar-refractivity contribution in [3.05, 3.63) is 46.6 Å². The van der Waals surface area contributed by atoms with Crippen molar-refractivity contribution < 1.29 is 9.53 Å². The van der Waals surface area contributed by atoms with E-state index in [-0.39, 0.29) is 5.91 Å². The summed E-state index contributed by atoms with van der Waals surface area (Å²) in [4.78, 5) is 25.9. The van der Waals surface area contributed by atoms with E-state index < -0.39 is 0 Å². The average molecular weight is 462 g/mol. The maximum atomic E-state index is 12.4. The van der Waals surface area contributed by atoms with Gasteiger partial charge in [-0.15, -0.1) is 0 Å². The van der Waals surface area contributed by atoms with E-state index in [1.807, 2.05) is 24.3 Å². The van der Waals surface area contributed by atoms with E-state index >= 15 is 0 Å². The van der Waals surface area contributed by atoms with Gasteiger partial charge in [0.25, 0.3) is 5.91 Å². The van der Waals surface area contributed by atoms with E-state index in [9.17, 15) is 4.79 Å². The summed E-state index contributed by atoms with van der Waals surface area (Å²) in [6.07, 6.45) is 2.53. The summed E-state index contributed by atoms with van der Waals surface area (Å²) in [7, 11) is 0. The zero-order valence-corrected chi connectivity index (χ0v) is 19.1. The van der Waals surface area contributed by atoms with Crippen LogP contribution in [-0.2, 0) is 10.5 Å². The topological polar surface area (TPSA) is 70.6 Å². The first-order valence-electron chi connectivity index (χ1n) is 10.8. The zero-order chi connectivity index (χ0) is 21.5. The molecule has 1 aromatic carbocycles. The molecule has 0 unspecified atom stereocenters. The van der Waals surface area contributed by atoms with Crippen LogP contribution in [0.5, 0.6) is 0 Å². The molecule has 9 heteroatoms. The van der Waals surface area contributed by atoms with Crippen molar-refractivity contribution in [1.29, 1.82) is 0 Å². The van der Waals surface area contributed by atoms with E-state index in [2.05, 4.69) is 25.1 Å². The van der Waals surface area contributed by atoms with Gasteiger partial charge in [-0.05, 0) is 43.6 Å². The predicted octanol–water partition coefficient (Wildman–Crippen LogP) is 3.08. The first kappa shape index (κ1) is 22.3. The number of aromatic nitrogens is 2. The Morgan fingerprint density at radius 3 is 2.58 bits per heavy atom. The predicted molar refractivity (Wildman–Crippen MR) is 124 cm³/mol. The summed E-state index contributed by atoms with van der Waals surface area (Å²) in [6, 6.07) is 9.51. The molecular formula is C22H28ClN5O2S. The number of amides is 1. The number of morpholine rings is 1. The second-order valence-electron chi connectivity index (χ2n) is 7.72. The van der Waals surface area contributed by atoms with Crippen LogP contribution in [0, 0.1) is 0 Å². The van der Waals surface area contributed by atoms with Gasteiger partial charge in [0.1, 0.15) is 11.0 Å². The number of nitrogens with zero attached hydrogens (tertiary/aromatic N) is 4. The van der Waals surface area contributed by atoms with Crippen LogP contribution in [0.4, 0.5) is 5.82 Å². The third-order valence-corrected chi connectivity index (χ3v) is 6.60. The average Bonchev–Trinajstić information content (AvgIpc) is 3.32. The van der Waals surface area contributed by atoms with Crippen molar-refractivity contribution in [2.45, 2.75) is 23.8 Å². The lowest BCUT2D eigenvalue weighted by atomic mass is 10.1. The van der Waals surface area contributed by atoms with Crippen molar-refractivity contribution in [3.8, 4) is 0 Å². The molecule has 3 heterocycles. The number of halogens is 1. The van der Waals surface area contributed by atoms with Gasteiger partial charge in [0, 0.05) is 43.6 Å². The standard InChI is InChI=1S/C22H28ClN5O2S/c23-19-15-20(28-11-13-30-14-12-28)26-22(25-19)31-16-17-3-5-18(6-4-17)21(29)24-7-10-27-8-1-2-9-27/h3-6,15H,1-2,7-14,16H2,(H,24,29). The second kappa shape index (κ2) is 11.1. The Balaban J connectivity index is 1.28. The Kier molecular flexibility index (Phi) is 8.02. The molecule has 1 N–H and O–H groups in total. The van der Waals surface area contributed by atoms with Gasteiger partial charge in [-0.25, -0.2) is 9.97 Å². The molecule has 2 aliphatic heterocycles. The lowest BCUT2D eigenvalue weighted by Gasteiger charge is -2.27. The van der Waals surface area contributed by atoms with Crippen molar-refractivity contribution in [2.24, 2.45) is 0 Å². The molecule has 4 rings (SSSR count). The first-order chi connectivity index (χ1) is 15.2. The Morgan fingerprint density at radius 1 is 1.10 bits per heavy atom. The fourth-order valence-corrected chi connectivity index (χ4v) is 4.78. The molecule has 31 heavy (non-hydrogen) atoms. The van der Waals surface area contributed by atoms with Gasteiger partial charge in [-0.2, -0.15) is 0 Å². The van der Waals surface area contributed by atoms with Gasteiger partial charge in [0.05, 0.1) is 13.2 Å². The van der Waals surface area contributed by atoms with Crippen molar-refractivity contribution in [1.82, 2.24) is 20.2 Å². The summed E-state index contributed by atoms with van der Waals surface area (Å²) in [5.74, 6) is 1.53. The molecule has 0 aliphatic carbocycles. The number of carbonyl (C=O) groups is 1. The minimum absolute atomic E-state index is 0.0215. The molecule has 7 nitrogen and oxygen atoms in total. The van der Waals surface area contributed by atoms with Crippen LogP contribution >= 0.6 is 23.4 Å². The minimum atomic E-state index is -0.0215. The van der Waals surface area contributed by atoms with Crippen LogP contribution < -0.4 is 10.2 Å². The van der Waals surface area contributed by atoms with Crippen LogP contribution in [0.3, 0.4) is 0 Å². The van der Waals surface area contributed by atoms with Crippen LogP contribution in [0.1, 0.15) is 28.8 Å². The van der Waals surface area contributed by atoms with E-state index in [0.29, 0.717) is 41.4 Å². The molecule has 0 saturated carbocycles. The molecule has 2 fully saturated rings. The van der Waals surface area contributed by atoms with Crippen molar-refractivity contribution in [3.63, 3.8) is 0 Å². The smallest absolute Gasteiger partial charge is 0.251 e. The number of nitrogens with one attached hydrogen (secondary N) is 1. The zero-order valence-electron chi connectivity index (χ0n) is 17.6. The number of likely N-dealkylation sites (tertiary alicyclic amines) is 1. The fourth-order valence-electron chi connectivity index (χ4n) is 3.74. The van der Waals surface area contributed by atoms with Gasteiger partial charge in [0.15, 0.2) is 5.16 Å². The second-order valence-corrected chi connectivity index (χ2v) is 9.05. The first-order valence-corrected chi connectivity index (χ1v) is 12.1. The van der Waals surface area contributed by atoms with Gasteiger partial charge in [-0.3, -0.25) is 4.79 Å². The number of carbonyl (C=O) groups excluding carboxylic acids is 1. The summed E-state index contributed by atoms with van der Waals surface area (Å²) >= 11 is 7.76. The van der Waals surface area contributed by atoms with E-state index in [4.69, 9.17) is 16.3 Å². The lowest BCUT2D eigenvalue weighted by Crippen LogP contribution is -2.36. The SMILES string of the molecule is O=C(NCCN1CCCC1)c1ccc(CSc2nc(Cl)cc(N3CCOCC3)n2)cc1. The highest BCUT2D eigenvalue weighted by molar-refractivity contribution is 7.98. The molecule has 2 aliphatic rings. The summed E-state index contributed by atoms with van der Waals surface area (Å²) in [5, 5.41) is 4.11. The van der Waals surface area contributed by atoms with E-state index in [0.717, 1.165) is 44.1 Å².